The number of nitrogens with zero attached hydrogens (tertiary/aromatic N) is 5. The Morgan fingerprint density at radius 3 is 2.60 bits per heavy atom. The Labute approximate surface area is 173 Å². The van der Waals surface area contributed by atoms with Crippen molar-refractivity contribution in [1.29, 1.82) is 0 Å². The number of imidazole rings is 1. The third-order valence-corrected chi connectivity index (χ3v) is 7.81. The monoisotopic (exact) mass is 429 g/mol. The molecular weight excluding hydrogens is 406 g/mol. The van der Waals surface area contributed by atoms with E-state index in [2.05, 4.69) is 9.97 Å². The van der Waals surface area contributed by atoms with Gasteiger partial charge in [0.25, 0.3) is 5.56 Å². The number of benzene rings is 1. The van der Waals surface area contributed by atoms with Gasteiger partial charge in [-0.3, -0.25) is 14.2 Å². The maximum atomic E-state index is 12.8. The second-order valence-electron chi connectivity index (χ2n) is 7.46. The van der Waals surface area contributed by atoms with Crippen molar-refractivity contribution in [2.45, 2.75) is 36.2 Å². The van der Waals surface area contributed by atoms with Crippen LogP contribution in [0.2, 0.25) is 0 Å². The molecule has 4 rings (SSSR count). The molecule has 2 aromatic heterocycles. The minimum atomic E-state index is -3.52. The van der Waals surface area contributed by atoms with E-state index in [0.29, 0.717) is 36.8 Å². The number of hydrogen-bond donors (Lipinski definition) is 0. The van der Waals surface area contributed by atoms with E-state index in [0.717, 1.165) is 0 Å². The standard InChI is InChI=1S/C20H23N5O4S/c1-23-13-9-21-20(23)30(28,29)15-6-10-24(11-7-15)18(26)8-12-25-14-22-17-5-3-2-4-16(17)19(25)27/h2-5,9,13-15H,6-8,10-12H2,1H3. The van der Waals surface area contributed by atoms with Crippen molar-refractivity contribution in [3.8, 4) is 0 Å². The van der Waals surface area contributed by atoms with Gasteiger partial charge in [-0.15, -0.1) is 0 Å². The third-order valence-electron chi connectivity index (χ3n) is 5.56. The summed E-state index contributed by atoms with van der Waals surface area (Å²) in [5.41, 5.74) is 0.453. The smallest absolute Gasteiger partial charge is 0.261 e. The average molecular weight is 430 g/mol. The molecule has 1 aromatic carbocycles. The van der Waals surface area contributed by atoms with Crippen molar-refractivity contribution < 1.29 is 13.2 Å². The van der Waals surface area contributed by atoms with Crippen LogP contribution >= 0.6 is 0 Å². The third kappa shape index (κ3) is 3.74. The van der Waals surface area contributed by atoms with Gasteiger partial charge in [0, 0.05) is 45.5 Å². The highest BCUT2D eigenvalue weighted by Crippen LogP contribution is 2.23. The highest BCUT2D eigenvalue weighted by atomic mass is 32.2. The lowest BCUT2D eigenvalue weighted by Gasteiger charge is -2.31. The molecule has 3 aromatic rings. The molecule has 1 aliphatic rings. The average Bonchev–Trinajstić information content (AvgIpc) is 3.20. The minimum Gasteiger partial charge on any atom is -0.343 e. The highest BCUT2D eigenvalue weighted by Gasteiger charge is 2.34. The van der Waals surface area contributed by atoms with Crippen molar-refractivity contribution in [2.75, 3.05) is 13.1 Å². The van der Waals surface area contributed by atoms with Gasteiger partial charge in [-0.25, -0.2) is 18.4 Å². The van der Waals surface area contributed by atoms with Crippen molar-refractivity contribution >= 4 is 26.6 Å². The predicted molar refractivity (Wildman–Crippen MR) is 111 cm³/mol. The quantitative estimate of drug-likeness (QED) is 0.599. The molecule has 1 amide bonds. The second kappa shape index (κ2) is 8.02. The van der Waals surface area contributed by atoms with Crippen LogP contribution in [-0.2, 0) is 28.2 Å². The summed E-state index contributed by atoms with van der Waals surface area (Å²) in [5, 5.41) is 0.0400. The number of rotatable bonds is 5. The number of sulfone groups is 1. The summed E-state index contributed by atoms with van der Waals surface area (Å²) >= 11 is 0. The second-order valence-corrected chi connectivity index (χ2v) is 9.58. The van der Waals surface area contributed by atoms with Crippen LogP contribution in [0.15, 0.2) is 52.9 Å². The molecule has 0 atom stereocenters. The zero-order chi connectivity index (χ0) is 21.3. The zero-order valence-electron chi connectivity index (χ0n) is 16.6. The fraction of sp³-hybridized carbons (Fsp3) is 0.400. The van der Waals surface area contributed by atoms with Crippen molar-refractivity contribution in [3.05, 3.63) is 53.3 Å². The topological polar surface area (TPSA) is 107 Å². The first-order valence-corrected chi connectivity index (χ1v) is 11.4. The first-order valence-electron chi connectivity index (χ1n) is 9.81. The molecule has 1 aliphatic heterocycles. The lowest BCUT2D eigenvalue weighted by molar-refractivity contribution is -0.132. The number of para-hydroxylation sites is 1. The van der Waals surface area contributed by atoms with Crippen molar-refractivity contribution in [2.24, 2.45) is 7.05 Å². The number of likely N-dealkylation sites (tertiary alicyclic amines) is 1. The molecule has 0 unspecified atom stereocenters. The van der Waals surface area contributed by atoms with Gasteiger partial charge < -0.3 is 9.47 Å². The highest BCUT2D eigenvalue weighted by molar-refractivity contribution is 7.91. The molecule has 0 spiro atoms. The Hall–Kier alpha value is -3.01. The zero-order valence-corrected chi connectivity index (χ0v) is 17.5. The Morgan fingerprint density at radius 1 is 1.17 bits per heavy atom. The van der Waals surface area contributed by atoms with E-state index in [9.17, 15) is 18.0 Å². The molecule has 158 valence electrons. The molecule has 30 heavy (non-hydrogen) atoms. The number of aryl methyl sites for hydroxylation is 2. The van der Waals surface area contributed by atoms with Gasteiger partial charge in [-0.05, 0) is 25.0 Å². The van der Waals surface area contributed by atoms with E-state index in [4.69, 9.17) is 0 Å². The Morgan fingerprint density at radius 2 is 1.90 bits per heavy atom. The van der Waals surface area contributed by atoms with Gasteiger partial charge in [0.05, 0.1) is 22.5 Å². The van der Waals surface area contributed by atoms with Gasteiger partial charge in [0.2, 0.25) is 20.9 Å². The SMILES string of the molecule is Cn1ccnc1S(=O)(=O)C1CCN(C(=O)CCn2cnc3ccccc3c2=O)CC1. The maximum Gasteiger partial charge on any atom is 0.261 e. The van der Waals surface area contributed by atoms with E-state index < -0.39 is 15.1 Å². The van der Waals surface area contributed by atoms with Crippen LogP contribution in [0.4, 0.5) is 0 Å². The molecule has 0 N–H and O–H groups in total. The van der Waals surface area contributed by atoms with Gasteiger partial charge >= 0.3 is 0 Å². The van der Waals surface area contributed by atoms with E-state index in [1.54, 1.807) is 36.3 Å². The number of fused-ring (bicyclic) bond motifs is 1. The Balaban J connectivity index is 1.37. The van der Waals surface area contributed by atoms with Gasteiger partial charge in [0.1, 0.15) is 0 Å². The number of aromatic nitrogens is 4. The van der Waals surface area contributed by atoms with E-state index in [1.807, 2.05) is 6.07 Å². The summed E-state index contributed by atoms with van der Waals surface area (Å²) in [7, 11) is -1.87. The summed E-state index contributed by atoms with van der Waals surface area (Å²) in [6.07, 6.45) is 5.45. The number of carbonyl (C=O) groups excluding carboxylic acids is 1. The van der Waals surface area contributed by atoms with Gasteiger partial charge in [0.15, 0.2) is 0 Å². The van der Waals surface area contributed by atoms with E-state index >= 15 is 0 Å². The molecule has 10 heteroatoms. The Kier molecular flexibility index (Phi) is 5.42. The first kappa shape index (κ1) is 20.3. The molecule has 0 aliphatic carbocycles. The van der Waals surface area contributed by atoms with Crippen LogP contribution < -0.4 is 5.56 Å². The number of hydrogen-bond acceptors (Lipinski definition) is 6. The van der Waals surface area contributed by atoms with Crippen LogP contribution in [0.5, 0.6) is 0 Å². The molecule has 0 radical (unpaired) electrons. The van der Waals surface area contributed by atoms with Crippen LogP contribution in [0.1, 0.15) is 19.3 Å². The molecule has 0 saturated carbocycles. The molecule has 1 fully saturated rings. The largest absolute Gasteiger partial charge is 0.343 e. The minimum absolute atomic E-state index is 0.0652. The number of carbonyl (C=O) groups is 1. The van der Waals surface area contributed by atoms with Crippen LogP contribution in [0.25, 0.3) is 10.9 Å². The predicted octanol–water partition coefficient (Wildman–Crippen LogP) is 0.985. The van der Waals surface area contributed by atoms with Crippen molar-refractivity contribution in [1.82, 2.24) is 24.0 Å². The molecule has 3 heterocycles. The fourth-order valence-corrected chi connectivity index (χ4v) is 5.63. The van der Waals surface area contributed by atoms with Gasteiger partial charge in [-0.1, -0.05) is 12.1 Å². The van der Waals surface area contributed by atoms with Crippen LogP contribution in [-0.4, -0.2) is 56.7 Å². The normalized spacial score (nSPS) is 15.6. The number of amides is 1. The fourth-order valence-electron chi connectivity index (χ4n) is 3.83. The summed E-state index contributed by atoms with van der Waals surface area (Å²) in [6.45, 7) is 0.983. The van der Waals surface area contributed by atoms with E-state index in [-0.39, 0.29) is 29.6 Å². The lowest BCUT2D eigenvalue weighted by atomic mass is 10.1. The summed E-state index contributed by atoms with van der Waals surface area (Å²) in [5.74, 6) is -0.0945. The summed E-state index contributed by atoms with van der Waals surface area (Å²) in [4.78, 5) is 35.0. The van der Waals surface area contributed by atoms with Crippen LogP contribution in [0.3, 0.4) is 0 Å². The molecule has 9 nitrogen and oxygen atoms in total. The summed E-state index contributed by atoms with van der Waals surface area (Å²) < 4.78 is 28.5. The summed E-state index contributed by atoms with van der Waals surface area (Å²) in [6, 6.07) is 7.09. The van der Waals surface area contributed by atoms with Crippen LogP contribution in [0, 0.1) is 0 Å². The first-order chi connectivity index (χ1) is 14.4. The molecule has 0 bridgehead atoms. The van der Waals surface area contributed by atoms with Gasteiger partial charge in [-0.2, -0.15) is 0 Å². The number of piperidine rings is 1. The Bertz CT molecular complexity index is 1240. The van der Waals surface area contributed by atoms with E-state index in [1.165, 1.54) is 21.7 Å². The molecular formula is C20H23N5O4S. The molecule has 1 saturated heterocycles. The lowest BCUT2D eigenvalue weighted by Crippen LogP contribution is -2.43. The maximum absolute atomic E-state index is 12.8. The van der Waals surface area contributed by atoms with Crippen molar-refractivity contribution in [3.63, 3.8) is 0 Å².